The minimum atomic E-state index is -0.732. The Kier molecular flexibility index (Phi) is 4.75. The summed E-state index contributed by atoms with van der Waals surface area (Å²) in [4.78, 5) is 31.9. The molecule has 0 radical (unpaired) electrons. The first kappa shape index (κ1) is 18.4. The molecule has 3 heterocycles. The van der Waals surface area contributed by atoms with Crippen molar-refractivity contribution in [2.45, 2.75) is 13.0 Å². The van der Waals surface area contributed by atoms with Gasteiger partial charge in [-0.3, -0.25) is 19.5 Å². The van der Waals surface area contributed by atoms with E-state index in [0.717, 1.165) is 10.4 Å². The van der Waals surface area contributed by atoms with Gasteiger partial charge in [-0.05, 0) is 48.2 Å². The van der Waals surface area contributed by atoms with Gasteiger partial charge < -0.3 is 5.11 Å². The lowest BCUT2D eigenvalue weighted by atomic mass is 10.0. The molecule has 1 fully saturated rings. The highest BCUT2D eigenvalue weighted by molar-refractivity contribution is 7.10. The topological polar surface area (TPSA) is 70.5 Å². The molecule has 0 aliphatic carbocycles. The van der Waals surface area contributed by atoms with Crippen molar-refractivity contribution in [3.05, 3.63) is 86.8 Å². The fourth-order valence-corrected chi connectivity index (χ4v) is 4.21. The second-order valence-electron chi connectivity index (χ2n) is 6.35. The summed E-state index contributed by atoms with van der Waals surface area (Å²) in [5.41, 5.74) is 1.85. The second kappa shape index (κ2) is 7.22. The number of aromatic nitrogens is 1. The van der Waals surface area contributed by atoms with Crippen LogP contribution in [0.4, 0.5) is 5.69 Å². The van der Waals surface area contributed by atoms with Crippen molar-refractivity contribution in [3.63, 3.8) is 0 Å². The maximum absolute atomic E-state index is 12.9. The fourth-order valence-electron chi connectivity index (χ4n) is 3.21. The lowest BCUT2D eigenvalue weighted by Gasteiger charge is -2.24. The van der Waals surface area contributed by atoms with Crippen LogP contribution in [0, 0.1) is 6.92 Å². The van der Waals surface area contributed by atoms with E-state index in [4.69, 9.17) is 11.6 Å². The summed E-state index contributed by atoms with van der Waals surface area (Å²) < 4.78 is 0. The van der Waals surface area contributed by atoms with E-state index in [1.165, 1.54) is 28.6 Å². The largest absolute Gasteiger partial charge is 0.507 e. The van der Waals surface area contributed by atoms with Gasteiger partial charge in [0.05, 0.1) is 5.57 Å². The average molecular weight is 411 g/mol. The van der Waals surface area contributed by atoms with Crippen molar-refractivity contribution in [1.82, 2.24) is 4.98 Å². The van der Waals surface area contributed by atoms with Crippen LogP contribution in [0.5, 0.6) is 0 Å². The Bertz CT molecular complexity index is 1090. The number of Topliss-reactive ketones (excluding diaryl/α,β-unsaturated/α-hetero) is 1. The van der Waals surface area contributed by atoms with E-state index in [9.17, 15) is 14.7 Å². The van der Waals surface area contributed by atoms with E-state index in [1.54, 1.807) is 30.3 Å². The number of pyridine rings is 1. The Morgan fingerprint density at radius 2 is 1.93 bits per heavy atom. The van der Waals surface area contributed by atoms with Crippen LogP contribution in [0.2, 0.25) is 5.02 Å². The van der Waals surface area contributed by atoms with Crippen LogP contribution in [0.3, 0.4) is 0 Å². The number of halogens is 1. The Morgan fingerprint density at radius 3 is 2.57 bits per heavy atom. The van der Waals surface area contributed by atoms with Gasteiger partial charge in [-0.2, -0.15) is 0 Å². The van der Waals surface area contributed by atoms with Crippen LogP contribution in [0.15, 0.2) is 65.8 Å². The van der Waals surface area contributed by atoms with E-state index >= 15 is 0 Å². The fraction of sp³-hybridized carbons (Fsp3) is 0.0952. The number of aliphatic hydroxyl groups excluding tert-OH is 1. The Morgan fingerprint density at radius 1 is 1.18 bits per heavy atom. The molecule has 4 rings (SSSR count). The zero-order valence-corrected chi connectivity index (χ0v) is 16.4. The highest BCUT2D eigenvalue weighted by Crippen LogP contribution is 2.44. The molecule has 0 saturated carbocycles. The number of rotatable bonds is 3. The molecule has 1 aromatic carbocycles. The van der Waals surface area contributed by atoms with E-state index in [2.05, 4.69) is 4.98 Å². The van der Waals surface area contributed by atoms with Crippen molar-refractivity contribution >= 4 is 46.1 Å². The lowest BCUT2D eigenvalue weighted by molar-refractivity contribution is -0.132. The minimum Gasteiger partial charge on any atom is -0.507 e. The maximum Gasteiger partial charge on any atom is 0.300 e. The van der Waals surface area contributed by atoms with E-state index in [1.807, 2.05) is 24.4 Å². The lowest BCUT2D eigenvalue weighted by Crippen LogP contribution is -2.29. The molecule has 5 nitrogen and oxygen atoms in total. The number of carbonyl (C=O) groups is 2. The Balaban J connectivity index is 1.93. The van der Waals surface area contributed by atoms with Gasteiger partial charge in [0.15, 0.2) is 0 Å². The first-order valence-corrected chi connectivity index (χ1v) is 9.75. The van der Waals surface area contributed by atoms with Gasteiger partial charge >= 0.3 is 0 Å². The van der Waals surface area contributed by atoms with Crippen LogP contribution >= 0.6 is 22.9 Å². The zero-order valence-electron chi connectivity index (χ0n) is 14.8. The number of ketones is 1. The minimum absolute atomic E-state index is 0.0512. The summed E-state index contributed by atoms with van der Waals surface area (Å²) in [6.07, 6.45) is 3.04. The summed E-state index contributed by atoms with van der Waals surface area (Å²) in [5.74, 6) is -1.65. The quantitative estimate of drug-likeness (QED) is 0.385. The highest BCUT2D eigenvalue weighted by atomic mass is 35.5. The zero-order chi connectivity index (χ0) is 19.8. The van der Waals surface area contributed by atoms with Gasteiger partial charge in [-0.25, -0.2) is 0 Å². The van der Waals surface area contributed by atoms with Crippen molar-refractivity contribution in [3.8, 4) is 0 Å². The number of amides is 1. The molecule has 0 bridgehead atoms. The van der Waals surface area contributed by atoms with Gasteiger partial charge in [0.25, 0.3) is 11.7 Å². The molecule has 2 aromatic heterocycles. The highest BCUT2D eigenvalue weighted by Gasteiger charge is 2.47. The maximum atomic E-state index is 12.9. The molecule has 140 valence electrons. The molecule has 1 amide bonds. The first-order chi connectivity index (χ1) is 13.5. The summed E-state index contributed by atoms with van der Waals surface area (Å²) >= 11 is 7.66. The van der Waals surface area contributed by atoms with Crippen molar-refractivity contribution in [2.75, 3.05) is 4.90 Å². The number of carbonyl (C=O) groups excluding carboxylic acids is 2. The molecular formula is C21H15ClN2O3S. The summed E-state index contributed by atoms with van der Waals surface area (Å²) in [7, 11) is 0. The van der Waals surface area contributed by atoms with Gasteiger partial charge in [0.1, 0.15) is 11.8 Å². The van der Waals surface area contributed by atoms with Crippen molar-refractivity contribution in [1.29, 1.82) is 0 Å². The Labute approximate surface area is 170 Å². The SMILES string of the molecule is Cc1ccc(N2C(=O)C(=O)/C(=C(\O)c3ccncc3)C2c2cccs2)cc1Cl. The third kappa shape index (κ3) is 3.00. The van der Waals surface area contributed by atoms with Crippen LogP contribution in [0.1, 0.15) is 22.0 Å². The number of hydrogen-bond acceptors (Lipinski definition) is 5. The molecular weight excluding hydrogens is 396 g/mol. The van der Waals surface area contributed by atoms with Gasteiger partial charge in [0, 0.05) is 33.5 Å². The number of aryl methyl sites for hydroxylation is 1. The Hall–Kier alpha value is -2.96. The average Bonchev–Trinajstić information content (AvgIpc) is 3.32. The molecule has 28 heavy (non-hydrogen) atoms. The van der Waals surface area contributed by atoms with Gasteiger partial charge in [-0.1, -0.05) is 23.7 Å². The van der Waals surface area contributed by atoms with E-state index in [-0.39, 0.29) is 11.3 Å². The molecule has 7 heteroatoms. The van der Waals surface area contributed by atoms with Crippen LogP contribution in [0.25, 0.3) is 5.76 Å². The second-order valence-corrected chi connectivity index (χ2v) is 7.74. The number of hydrogen-bond donors (Lipinski definition) is 1. The first-order valence-electron chi connectivity index (χ1n) is 8.50. The van der Waals surface area contributed by atoms with Crippen molar-refractivity contribution in [2.24, 2.45) is 0 Å². The monoisotopic (exact) mass is 410 g/mol. The molecule has 1 aliphatic rings. The smallest absolute Gasteiger partial charge is 0.300 e. The summed E-state index contributed by atoms with van der Waals surface area (Å²) in [6, 6.07) is 11.3. The third-order valence-electron chi connectivity index (χ3n) is 4.64. The predicted octanol–water partition coefficient (Wildman–Crippen LogP) is 4.73. The van der Waals surface area contributed by atoms with Crippen LogP contribution in [-0.4, -0.2) is 21.8 Å². The standard InChI is InChI=1S/C21H15ClN2O3S/c1-12-4-5-14(11-15(12)22)24-18(16-3-2-10-28-16)17(20(26)21(24)27)19(25)13-6-8-23-9-7-13/h2-11,18,25H,1H3/b19-17-. The predicted molar refractivity (Wildman–Crippen MR) is 110 cm³/mol. The molecule has 1 aliphatic heterocycles. The third-order valence-corrected chi connectivity index (χ3v) is 5.98. The molecule has 1 N–H and O–H groups in total. The van der Waals surface area contributed by atoms with E-state index in [0.29, 0.717) is 16.3 Å². The number of benzene rings is 1. The molecule has 1 unspecified atom stereocenters. The molecule has 0 spiro atoms. The van der Waals surface area contributed by atoms with Crippen LogP contribution < -0.4 is 4.90 Å². The number of anilines is 1. The number of thiophene rings is 1. The van der Waals surface area contributed by atoms with Gasteiger partial charge in [0.2, 0.25) is 0 Å². The summed E-state index contributed by atoms with van der Waals surface area (Å²) in [6.45, 7) is 1.86. The number of nitrogens with zero attached hydrogens (tertiary/aromatic N) is 2. The summed E-state index contributed by atoms with van der Waals surface area (Å²) in [5, 5.41) is 13.2. The molecule has 3 aromatic rings. The van der Waals surface area contributed by atoms with E-state index < -0.39 is 17.7 Å². The number of aliphatic hydroxyl groups is 1. The van der Waals surface area contributed by atoms with Crippen molar-refractivity contribution < 1.29 is 14.7 Å². The molecule has 1 saturated heterocycles. The molecule has 1 atom stereocenters. The van der Waals surface area contributed by atoms with Gasteiger partial charge in [-0.15, -0.1) is 11.3 Å². The normalized spacial score (nSPS) is 18.6. The van der Waals surface area contributed by atoms with Crippen LogP contribution in [-0.2, 0) is 9.59 Å².